The first-order valence-electron chi connectivity index (χ1n) is 7.41. The van der Waals surface area contributed by atoms with Crippen molar-refractivity contribution < 1.29 is 9.59 Å². The molecular weight excluding hydrogens is 290 g/mol. The summed E-state index contributed by atoms with van der Waals surface area (Å²) >= 11 is 0. The number of benzene rings is 1. The SMILES string of the molecule is Cc1cccc(C(=O)N(NC(=O)c2ccncc2)C(C)(C)C)c1. The summed E-state index contributed by atoms with van der Waals surface area (Å²) in [7, 11) is 0. The number of pyridine rings is 1. The Labute approximate surface area is 136 Å². The molecule has 0 saturated carbocycles. The molecule has 0 spiro atoms. The number of nitrogens with one attached hydrogen (secondary N) is 1. The molecule has 0 atom stereocenters. The molecule has 2 rings (SSSR count). The van der Waals surface area contributed by atoms with Crippen LogP contribution in [-0.2, 0) is 0 Å². The van der Waals surface area contributed by atoms with Crippen LogP contribution in [0, 0.1) is 6.92 Å². The lowest BCUT2D eigenvalue weighted by Gasteiger charge is -2.35. The predicted octanol–water partition coefficient (Wildman–Crippen LogP) is 2.98. The zero-order chi connectivity index (χ0) is 17.0. The number of carbonyl (C=O) groups excluding carboxylic acids is 2. The van der Waals surface area contributed by atoms with Crippen LogP contribution in [-0.4, -0.2) is 27.3 Å². The zero-order valence-corrected chi connectivity index (χ0v) is 13.8. The van der Waals surface area contributed by atoms with Gasteiger partial charge in [-0.15, -0.1) is 0 Å². The van der Waals surface area contributed by atoms with Crippen LogP contribution in [0.15, 0.2) is 48.8 Å². The molecule has 1 aromatic carbocycles. The molecule has 5 heteroatoms. The number of aryl methyl sites for hydroxylation is 1. The molecule has 0 aliphatic carbocycles. The number of rotatable bonds is 2. The van der Waals surface area contributed by atoms with Crippen molar-refractivity contribution in [3.05, 3.63) is 65.5 Å². The topological polar surface area (TPSA) is 62.3 Å². The van der Waals surface area contributed by atoms with Gasteiger partial charge in [0.15, 0.2) is 0 Å². The molecule has 1 aromatic heterocycles. The Balaban J connectivity index is 2.28. The predicted molar refractivity (Wildman–Crippen MR) is 88.8 cm³/mol. The van der Waals surface area contributed by atoms with Crippen molar-refractivity contribution in [2.75, 3.05) is 0 Å². The summed E-state index contributed by atoms with van der Waals surface area (Å²) in [5.41, 5.74) is 4.12. The molecule has 23 heavy (non-hydrogen) atoms. The number of nitrogens with zero attached hydrogens (tertiary/aromatic N) is 2. The van der Waals surface area contributed by atoms with Crippen LogP contribution in [0.1, 0.15) is 47.1 Å². The fourth-order valence-electron chi connectivity index (χ4n) is 2.10. The second kappa shape index (κ2) is 6.60. The molecule has 1 heterocycles. The Hall–Kier alpha value is -2.69. The fourth-order valence-corrected chi connectivity index (χ4v) is 2.10. The van der Waals surface area contributed by atoms with E-state index < -0.39 is 5.54 Å². The Bertz CT molecular complexity index is 706. The molecule has 120 valence electrons. The molecule has 0 bridgehead atoms. The molecule has 0 fully saturated rings. The van der Waals surface area contributed by atoms with Crippen LogP contribution < -0.4 is 5.43 Å². The Morgan fingerprint density at radius 1 is 1.04 bits per heavy atom. The fraction of sp³-hybridized carbons (Fsp3) is 0.278. The van der Waals surface area contributed by atoms with Gasteiger partial charge in [0.05, 0.1) is 5.54 Å². The summed E-state index contributed by atoms with van der Waals surface area (Å²) < 4.78 is 0. The number of hydrogen-bond acceptors (Lipinski definition) is 3. The molecule has 2 aromatic rings. The van der Waals surface area contributed by atoms with Crippen molar-refractivity contribution in [1.29, 1.82) is 0 Å². The van der Waals surface area contributed by atoms with Gasteiger partial charge in [0.2, 0.25) is 0 Å². The van der Waals surface area contributed by atoms with Gasteiger partial charge in [-0.3, -0.25) is 20.0 Å². The molecule has 1 N–H and O–H groups in total. The Morgan fingerprint density at radius 3 is 2.26 bits per heavy atom. The molecule has 2 amide bonds. The van der Waals surface area contributed by atoms with E-state index in [-0.39, 0.29) is 11.8 Å². The highest BCUT2D eigenvalue weighted by atomic mass is 16.2. The van der Waals surface area contributed by atoms with Crippen LogP contribution in [0.2, 0.25) is 0 Å². The highest BCUT2D eigenvalue weighted by Gasteiger charge is 2.29. The van der Waals surface area contributed by atoms with E-state index in [0.717, 1.165) is 5.56 Å². The quantitative estimate of drug-likeness (QED) is 0.867. The van der Waals surface area contributed by atoms with Crippen LogP contribution in [0.5, 0.6) is 0 Å². The maximum atomic E-state index is 12.8. The standard InChI is InChI=1S/C18H21N3O2/c1-13-6-5-7-15(12-13)17(23)21(18(2,3)4)20-16(22)14-8-10-19-11-9-14/h5-12H,1-4H3,(H,20,22). The number of carbonyl (C=O) groups is 2. The minimum Gasteiger partial charge on any atom is -0.267 e. The van der Waals surface area contributed by atoms with E-state index in [2.05, 4.69) is 10.4 Å². The van der Waals surface area contributed by atoms with Gasteiger partial charge < -0.3 is 0 Å². The first-order valence-corrected chi connectivity index (χ1v) is 7.41. The second-order valence-electron chi connectivity index (χ2n) is 6.36. The highest BCUT2D eigenvalue weighted by molar-refractivity contribution is 5.99. The monoisotopic (exact) mass is 311 g/mol. The minimum atomic E-state index is -0.566. The summed E-state index contributed by atoms with van der Waals surface area (Å²) in [6, 6.07) is 10.5. The van der Waals surface area contributed by atoms with E-state index in [0.29, 0.717) is 11.1 Å². The van der Waals surface area contributed by atoms with Crippen LogP contribution >= 0.6 is 0 Å². The van der Waals surface area contributed by atoms with Crippen molar-refractivity contribution >= 4 is 11.8 Å². The molecule has 0 aliphatic rings. The summed E-state index contributed by atoms with van der Waals surface area (Å²) in [4.78, 5) is 29.1. The van der Waals surface area contributed by atoms with Crippen molar-refractivity contribution in [3.8, 4) is 0 Å². The lowest BCUT2D eigenvalue weighted by atomic mass is 10.1. The van der Waals surface area contributed by atoms with E-state index in [4.69, 9.17) is 0 Å². The van der Waals surface area contributed by atoms with E-state index in [1.165, 1.54) is 5.01 Å². The van der Waals surface area contributed by atoms with Gasteiger partial charge in [0.1, 0.15) is 0 Å². The number of hydrogen-bond donors (Lipinski definition) is 1. The molecule has 0 unspecified atom stereocenters. The second-order valence-corrected chi connectivity index (χ2v) is 6.36. The van der Waals surface area contributed by atoms with Gasteiger partial charge in [-0.05, 0) is 52.0 Å². The first kappa shape index (κ1) is 16.7. The van der Waals surface area contributed by atoms with Crippen molar-refractivity contribution in [2.24, 2.45) is 0 Å². The van der Waals surface area contributed by atoms with Crippen molar-refractivity contribution in [3.63, 3.8) is 0 Å². The third-order valence-electron chi connectivity index (χ3n) is 3.29. The van der Waals surface area contributed by atoms with Gasteiger partial charge in [-0.25, -0.2) is 5.01 Å². The average Bonchev–Trinajstić information content (AvgIpc) is 2.51. The van der Waals surface area contributed by atoms with Gasteiger partial charge in [-0.1, -0.05) is 17.7 Å². The molecule has 0 aliphatic heterocycles. The minimum absolute atomic E-state index is 0.247. The zero-order valence-electron chi connectivity index (χ0n) is 13.8. The summed E-state index contributed by atoms with van der Waals surface area (Å²) in [5.74, 6) is -0.591. The van der Waals surface area contributed by atoms with Gasteiger partial charge in [-0.2, -0.15) is 0 Å². The summed E-state index contributed by atoms with van der Waals surface area (Å²) in [6.45, 7) is 7.53. The van der Waals surface area contributed by atoms with Gasteiger partial charge in [0, 0.05) is 23.5 Å². The largest absolute Gasteiger partial charge is 0.272 e. The maximum Gasteiger partial charge on any atom is 0.272 e. The molecule has 5 nitrogen and oxygen atoms in total. The third kappa shape index (κ3) is 4.16. The Morgan fingerprint density at radius 2 is 1.70 bits per heavy atom. The number of hydrazine groups is 1. The van der Waals surface area contributed by atoms with Gasteiger partial charge >= 0.3 is 0 Å². The normalized spacial score (nSPS) is 11.0. The number of aromatic nitrogens is 1. The van der Waals surface area contributed by atoms with Crippen LogP contribution in [0.25, 0.3) is 0 Å². The number of amides is 2. The van der Waals surface area contributed by atoms with Crippen molar-refractivity contribution in [1.82, 2.24) is 15.4 Å². The lowest BCUT2D eigenvalue weighted by molar-refractivity contribution is 0.0358. The van der Waals surface area contributed by atoms with Gasteiger partial charge in [0.25, 0.3) is 11.8 Å². The molecule has 0 saturated heterocycles. The first-order chi connectivity index (χ1) is 10.8. The molecular formula is C18H21N3O2. The van der Waals surface area contributed by atoms with E-state index >= 15 is 0 Å². The van der Waals surface area contributed by atoms with Crippen LogP contribution in [0.3, 0.4) is 0 Å². The van der Waals surface area contributed by atoms with E-state index in [9.17, 15) is 9.59 Å². The van der Waals surface area contributed by atoms with E-state index in [1.54, 1.807) is 36.7 Å². The Kier molecular flexibility index (Phi) is 4.79. The molecule has 0 radical (unpaired) electrons. The maximum absolute atomic E-state index is 12.8. The smallest absolute Gasteiger partial charge is 0.267 e. The van der Waals surface area contributed by atoms with Crippen LogP contribution in [0.4, 0.5) is 0 Å². The van der Waals surface area contributed by atoms with Crippen molar-refractivity contribution in [2.45, 2.75) is 33.2 Å². The summed E-state index contributed by atoms with van der Waals surface area (Å²) in [5, 5.41) is 1.37. The van der Waals surface area contributed by atoms with E-state index in [1.807, 2.05) is 39.8 Å². The summed E-state index contributed by atoms with van der Waals surface area (Å²) in [6.07, 6.45) is 3.08. The lowest BCUT2D eigenvalue weighted by Crippen LogP contribution is -2.55. The highest BCUT2D eigenvalue weighted by Crippen LogP contribution is 2.16. The third-order valence-corrected chi connectivity index (χ3v) is 3.29. The average molecular weight is 311 g/mol.